The van der Waals surface area contributed by atoms with Crippen molar-refractivity contribution in [2.75, 3.05) is 26.2 Å². The number of amides is 2. The Labute approximate surface area is 178 Å². The van der Waals surface area contributed by atoms with Gasteiger partial charge in [-0.1, -0.05) is 60.2 Å². The Bertz CT molecular complexity index is 862. The van der Waals surface area contributed by atoms with Crippen molar-refractivity contribution >= 4 is 17.6 Å². The van der Waals surface area contributed by atoms with Gasteiger partial charge in [0.15, 0.2) is 5.78 Å². The highest BCUT2D eigenvalue weighted by atomic mass is 16.2. The molecule has 0 saturated carbocycles. The van der Waals surface area contributed by atoms with E-state index >= 15 is 0 Å². The zero-order chi connectivity index (χ0) is 21.3. The number of hydrogen-bond donors (Lipinski definition) is 0. The van der Waals surface area contributed by atoms with Gasteiger partial charge in [0.25, 0.3) is 0 Å². The van der Waals surface area contributed by atoms with Crippen LogP contribution in [0.15, 0.2) is 54.6 Å². The molecule has 1 heterocycles. The lowest BCUT2D eigenvalue weighted by Gasteiger charge is -2.22. The minimum absolute atomic E-state index is 0.00381. The number of carbonyl (C=O) groups is 3. The maximum atomic E-state index is 12.6. The highest BCUT2D eigenvalue weighted by Gasteiger charge is 2.22. The van der Waals surface area contributed by atoms with E-state index in [9.17, 15) is 14.4 Å². The molecule has 0 N–H and O–H groups in total. The highest BCUT2D eigenvalue weighted by molar-refractivity contribution is 5.98. The summed E-state index contributed by atoms with van der Waals surface area (Å²) < 4.78 is 0. The predicted octanol–water partition coefficient (Wildman–Crippen LogP) is 3.65. The van der Waals surface area contributed by atoms with Gasteiger partial charge in [0.2, 0.25) is 11.8 Å². The molecule has 1 saturated heterocycles. The van der Waals surface area contributed by atoms with E-state index < -0.39 is 0 Å². The van der Waals surface area contributed by atoms with Gasteiger partial charge in [-0.15, -0.1) is 0 Å². The summed E-state index contributed by atoms with van der Waals surface area (Å²) in [5.41, 5.74) is 2.92. The third-order valence-corrected chi connectivity index (χ3v) is 5.61. The molecule has 5 nitrogen and oxygen atoms in total. The second-order valence-electron chi connectivity index (χ2n) is 7.89. The lowest BCUT2D eigenvalue weighted by atomic mass is 10.0. The number of aryl methyl sites for hydroxylation is 2. The molecule has 5 heteroatoms. The second-order valence-corrected chi connectivity index (χ2v) is 7.89. The van der Waals surface area contributed by atoms with Crippen LogP contribution in [0.1, 0.15) is 47.2 Å². The third kappa shape index (κ3) is 6.28. The zero-order valence-corrected chi connectivity index (χ0v) is 17.7. The van der Waals surface area contributed by atoms with E-state index in [1.807, 2.05) is 66.4 Å². The van der Waals surface area contributed by atoms with Gasteiger partial charge in [0.05, 0.1) is 0 Å². The molecule has 0 spiro atoms. The zero-order valence-electron chi connectivity index (χ0n) is 17.7. The summed E-state index contributed by atoms with van der Waals surface area (Å²) in [6.45, 7) is 4.40. The fraction of sp³-hybridized carbons (Fsp3) is 0.400. The van der Waals surface area contributed by atoms with Gasteiger partial charge in [0.1, 0.15) is 0 Å². The highest BCUT2D eigenvalue weighted by Crippen LogP contribution is 2.12. The summed E-state index contributed by atoms with van der Waals surface area (Å²) in [7, 11) is 0. The van der Waals surface area contributed by atoms with Crippen LogP contribution in [0, 0.1) is 6.92 Å². The monoisotopic (exact) mass is 406 g/mol. The molecular formula is C25H30N2O3. The number of ketones is 1. The number of carbonyl (C=O) groups excluding carboxylic acids is 3. The number of hydrogen-bond acceptors (Lipinski definition) is 3. The van der Waals surface area contributed by atoms with E-state index in [0.717, 1.165) is 24.0 Å². The molecule has 2 amide bonds. The van der Waals surface area contributed by atoms with E-state index in [-0.39, 0.29) is 30.4 Å². The van der Waals surface area contributed by atoms with E-state index in [0.29, 0.717) is 38.2 Å². The summed E-state index contributed by atoms with van der Waals surface area (Å²) >= 11 is 0. The predicted molar refractivity (Wildman–Crippen MR) is 117 cm³/mol. The summed E-state index contributed by atoms with van der Waals surface area (Å²) in [6, 6.07) is 17.5. The number of nitrogens with zero attached hydrogens (tertiary/aromatic N) is 2. The molecule has 0 unspecified atom stereocenters. The molecule has 3 rings (SSSR count). The average Bonchev–Trinajstić information content (AvgIpc) is 3.03. The smallest absolute Gasteiger partial charge is 0.223 e. The first kappa shape index (κ1) is 21.8. The molecular weight excluding hydrogens is 376 g/mol. The number of Topliss-reactive ketones (excluding diaryl/α,β-unsaturated/α-hetero) is 1. The second kappa shape index (κ2) is 10.7. The van der Waals surface area contributed by atoms with E-state index in [2.05, 4.69) is 0 Å². The van der Waals surface area contributed by atoms with E-state index in [4.69, 9.17) is 0 Å². The Morgan fingerprint density at radius 2 is 1.33 bits per heavy atom. The van der Waals surface area contributed by atoms with Crippen molar-refractivity contribution in [3.05, 3.63) is 71.3 Å². The summed E-state index contributed by atoms with van der Waals surface area (Å²) in [5, 5.41) is 0. The van der Waals surface area contributed by atoms with Gasteiger partial charge in [-0.3, -0.25) is 14.4 Å². The van der Waals surface area contributed by atoms with Gasteiger partial charge in [-0.2, -0.15) is 0 Å². The maximum absolute atomic E-state index is 12.6. The molecule has 158 valence electrons. The fourth-order valence-corrected chi connectivity index (χ4v) is 3.73. The largest absolute Gasteiger partial charge is 0.341 e. The molecule has 0 radical (unpaired) electrons. The van der Waals surface area contributed by atoms with Crippen LogP contribution in [0.5, 0.6) is 0 Å². The van der Waals surface area contributed by atoms with Gasteiger partial charge >= 0.3 is 0 Å². The van der Waals surface area contributed by atoms with Gasteiger partial charge in [0, 0.05) is 51.0 Å². The number of rotatable bonds is 7. The average molecular weight is 407 g/mol. The molecule has 30 heavy (non-hydrogen) atoms. The first-order valence-corrected chi connectivity index (χ1v) is 10.7. The van der Waals surface area contributed by atoms with Crippen LogP contribution < -0.4 is 0 Å². The lowest BCUT2D eigenvalue weighted by Crippen LogP contribution is -2.37. The van der Waals surface area contributed by atoms with Crippen LogP contribution in [-0.2, 0) is 16.0 Å². The molecule has 1 aliphatic rings. The molecule has 0 aromatic heterocycles. The van der Waals surface area contributed by atoms with Crippen LogP contribution >= 0.6 is 0 Å². The lowest BCUT2D eigenvalue weighted by molar-refractivity contribution is -0.133. The topological polar surface area (TPSA) is 57.7 Å². The third-order valence-electron chi connectivity index (χ3n) is 5.61. The summed E-state index contributed by atoms with van der Waals surface area (Å²) in [6.07, 6.45) is 2.43. The van der Waals surface area contributed by atoms with Crippen molar-refractivity contribution in [2.45, 2.75) is 39.0 Å². The minimum Gasteiger partial charge on any atom is -0.341 e. The molecule has 1 aliphatic heterocycles. The summed E-state index contributed by atoms with van der Waals surface area (Å²) in [5.74, 6) is 0.132. The molecule has 2 aromatic carbocycles. The normalized spacial score (nSPS) is 14.3. The quantitative estimate of drug-likeness (QED) is 0.660. The van der Waals surface area contributed by atoms with Gasteiger partial charge in [-0.25, -0.2) is 0 Å². The van der Waals surface area contributed by atoms with Crippen LogP contribution in [-0.4, -0.2) is 53.6 Å². The van der Waals surface area contributed by atoms with Crippen LogP contribution in [0.25, 0.3) is 0 Å². The van der Waals surface area contributed by atoms with E-state index in [1.54, 1.807) is 4.90 Å². The molecule has 0 aliphatic carbocycles. The SMILES string of the molecule is Cc1ccc(C(=O)CCC(=O)N2CCCN(C(=O)CCc3ccccc3)CC2)cc1. The van der Waals surface area contributed by atoms with Crippen LogP contribution in [0.3, 0.4) is 0 Å². The van der Waals surface area contributed by atoms with Crippen molar-refractivity contribution in [1.82, 2.24) is 9.80 Å². The Balaban J connectivity index is 1.43. The van der Waals surface area contributed by atoms with Crippen LogP contribution in [0.2, 0.25) is 0 Å². The Morgan fingerprint density at radius 1 is 0.733 bits per heavy atom. The van der Waals surface area contributed by atoms with E-state index in [1.165, 1.54) is 0 Å². The first-order chi connectivity index (χ1) is 14.5. The molecule has 1 fully saturated rings. The molecule has 0 atom stereocenters. The van der Waals surface area contributed by atoms with Crippen LogP contribution in [0.4, 0.5) is 0 Å². The van der Waals surface area contributed by atoms with Crippen molar-refractivity contribution in [1.29, 1.82) is 0 Å². The van der Waals surface area contributed by atoms with Gasteiger partial charge in [-0.05, 0) is 25.3 Å². The Morgan fingerprint density at radius 3 is 1.97 bits per heavy atom. The number of benzene rings is 2. The minimum atomic E-state index is -0.00551. The van der Waals surface area contributed by atoms with Crippen molar-refractivity contribution < 1.29 is 14.4 Å². The Hall–Kier alpha value is -2.95. The molecule has 2 aromatic rings. The van der Waals surface area contributed by atoms with Crippen molar-refractivity contribution in [3.8, 4) is 0 Å². The standard InChI is InChI=1S/C25H30N2O3/c1-20-8-11-22(12-9-20)23(28)13-15-25(30)27-17-5-16-26(18-19-27)24(29)14-10-21-6-3-2-4-7-21/h2-4,6-9,11-12H,5,10,13-19H2,1H3. The van der Waals surface area contributed by atoms with Crippen molar-refractivity contribution in [3.63, 3.8) is 0 Å². The summed E-state index contributed by atoms with van der Waals surface area (Å²) in [4.78, 5) is 41.2. The first-order valence-electron chi connectivity index (χ1n) is 10.7. The van der Waals surface area contributed by atoms with Gasteiger partial charge < -0.3 is 9.80 Å². The Kier molecular flexibility index (Phi) is 7.77. The fourth-order valence-electron chi connectivity index (χ4n) is 3.73. The molecule has 0 bridgehead atoms. The maximum Gasteiger partial charge on any atom is 0.223 e. The van der Waals surface area contributed by atoms with Crippen molar-refractivity contribution in [2.24, 2.45) is 0 Å².